The minimum Gasteiger partial charge on any atom is -0.452 e. The first-order chi connectivity index (χ1) is 13.1. The highest BCUT2D eigenvalue weighted by molar-refractivity contribution is 6.05. The van der Waals surface area contributed by atoms with Gasteiger partial charge in [-0.2, -0.15) is 0 Å². The minimum absolute atomic E-state index is 0.184. The van der Waals surface area contributed by atoms with Crippen LogP contribution in [0.25, 0.3) is 10.9 Å². The third-order valence-electron chi connectivity index (χ3n) is 5.13. The van der Waals surface area contributed by atoms with Crippen LogP contribution in [0.1, 0.15) is 21.6 Å². The second kappa shape index (κ2) is 7.62. The van der Waals surface area contributed by atoms with Gasteiger partial charge < -0.3 is 19.3 Å². The predicted molar refractivity (Wildman–Crippen MR) is 99.5 cm³/mol. The first-order valence-electron chi connectivity index (χ1n) is 9.25. The normalized spacial score (nSPS) is 17.6. The number of likely N-dealkylation sites (N-methyl/N-ethyl adjacent to an activating group) is 1. The van der Waals surface area contributed by atoms with Gasteiger partial charge >= 0.3 is 5.97 Å². The van der Waals surface area contributed by atoms with Gasteiger partial charge in [0.25, 0.3) is 5.91 Å². The van der Waals surface area contributed by atoms with Crippen molar-refractivity contribution in [2.75, 3.05) is 46.5 Å². The summed E-state index contributed by atoms with van der Waals surface area (Å²) in [6, 6.07) is 7.59. The van der Waals surface area contributed by atoms with E-state index >= 15 is 0 Å². The molecule has 0 bridgehead atoms. The SMILES string of the molecule is CN1CCc2nc3ccccc3c(C(=O)OCC(=O)N3CCOCC3)c2C1. The second-order valence-corrected chi connectivity index (χ2v) is 6.99. The van der Waals surface area contributed by atoms with E-state index in [4.69, 9.17) is 14.5 Å². The summed E-state index contributed by atoms with van der Waals surface area (Å²) in [5.74, 6) is -0.641. The Morgan fingerprint density at radius 2 is 1.96 bits per heavy atom. The van der Waals surface area contributed by atoms with Gasteiger partial charge in [-0.05, 0) is 13.1 Å². The number of nitrogens with zero attached hydrogens (tertiary/aromatic N) is 3. The van der Waals surface area contributed by atoms with Crippen molar-refractivity contribution in [3.8, 4) is 0 Å². The highest BCUT2D eigenvalue weighted by Crippen LogP contribution is 2.28. The molecule has 7 heteroatoms. The number of benzene rings is 1. The van der Waals surface area contributed by atoms with Crippen LogP contribution in [0.15, 0.2) is 24.3 Å². The van der Waals surface area contributed by atoms with Gasteiger partial charge in [0, 0.05) is 49.2 Å². The highest BCUT2D eigenvalue weighted by atomic mass is 16.5. The maximum atomic E-state index is 13.0. The lowest BCUT2D eigenvalue weighted by Gasteiger charge is -2.27. The number of hydrogen-bond acceptors (Lipinski definition) is 6. The molecule has 1 aromatic carbocycles. The van der Waals surface area contributed by atoms with Crippen molar-refractivity contribution >= 4 is 22.8 Å². The van der Waals surface area contributed by atoms with E-state index < -0.39 is 5.97 Å². The van der Waals surface area contributed by atoms with Crippen LogP contribution >= 0.6 is 0 Å². The molecule has 1 amide bonds. The first kappa shape index (κ1) is 17.9. The van der Waals surface area contributed by atoms with Crippen molar-refractivity contribution in [3.05, 3.63) is 41.1 Å². The van der Waals surface area contributed by atoms with Gasteiger partial charge in [0.15, 0.2) is 6.61 Å². The molecule has 1 aromatic heterocycles. The maximum Gasteiger partial charge on any atom is 0.339 e. The lowest BCUT2D eigenvalue weighted by molar-refractivity contribution is -0.138. The number of ether oxygens (including phenoxy) is 2. The number of amides is 1. The number of carbonyl (C=O) groups excluding carboxylic acids is 2. The number of para-hydroxylation sites is 1. The van der Waals surface area contributed by atoms with Crippen LogP contribution in [0, 0.1) is 0 Å². The lowest BCUT2D eigenvalue weighted by Crippen LogP contribution is -2.42. The van der Waals surface area contributed by atoms with Crippen LogP contribution < -0.4 is 0 Å². The molecule has 0 atom stereocenters. The van der Waals surface area contributed by atoms with E-state index in [2.05, 4.69) is 4.90 Å². The molecule has 27 heavy (non-hydrogen) atoms. The number of morpholine rings is 1. The molecule has 7 nitrogen and oxygen atoms in total. The van der Waals surface area contributed by atoms with Crippen molar-refractivity contribution in [2.45, 2.75) is 13.0 Å². The molecule has 2 aromatic rings. The van der Waals surface area contributed by atoms with Crippen LogP contribution in [-0.4, -0.2) is 73.2 Å². The van der Waals surface area contributed by atoms with Crippen molar-refractivity contribution in [1.29, 1.82) is 0 Å². The van der Waals surface area contributed by atoms with E-state index in [-0.39, 0.29) is 12.5 Å². The van der Waals surface area contributed by atoms with Crippen molar-refractivity contribution in [1.82, 2.24) is 14.8 Å². The summed E-state index contributed by atoms with van der Waals surface area (Å²) in [5.41, 5.74) is 3.17. The van der Waals surface area contributed by atoms with Crippen LogP contribution in [0.5, 0.6) is 0 Å². The average molecular weight is 369 g/mol. The Labute approximate surface area is 157 Å². The van der Waals surface area contributed by atoms with Gasteiger partial charge in [-0.25, -0.2) is 4.79 Å². The number of fused-ring (bicyclic) bond motifs is 2. The summed E-state index contributed by atoms with van der Waals surface area (Å²) in [5, 5.41) is 0.773. The summed E-state index contributed by atoms with van der Waals surface area (Å²) >= 11 is 0. The molecule has 0 saturated carbocycles. The molecule has 3 heterocycles. The van der Waals surface area contributed by atoms with Crippen LogP contribution in [0.4, 0.5) is 0 Å². The molecule has 0 radical (unpaired) electrons. The van der Waals surface area contributed by atoms with E-state index in [9.17, 15) is 9.59 Å². The fourth-order valence-electron chi connectivity index (χ4n) is 3.66. The monoisotopic (exact) mass is 369 g/mol. The van der Waals surface area contributed by atoms with Crippen molar-refractivity contribution in [2.24, 2.45) is 0 Å². The number of aromatic nitrogens is 1. The van der Waals surface area contributed by atoms with Gasteiger partial charge in [0.2, 0.25) is 0 Å². The number of pyridine rings is 1. The van der Waals surface area contributed by atoms with Gasteiger partial charge in [0.1, 0.15) is 0 Å². The standard InChI is InChI=1S/C20H23N3O4/c1-22-7-6-17-15(12-22)19(14-4-2-3-5-16(14)21-17)20(25)27-13-18(24)23-8-10-26-11-9-23/h2-5H,6-13H2,1H3. The fraction of sp³-hybridized carbons (Fsp3) is 0.450. The van der Waals surface area contributed by atoms with E-state index in [0.29, 0.717) is 38.4 Å². The van der Waals surface area contributed by atoms with E-state index in [1.54, 1.807) is 4.90 Å². The molecule has 142 valence electrons. The lowest BCUT2D eigenvalue weighted by atomic mass is 9.96. The van der Waals surface area contributed by atoms with Gasteiger partial charge in [-0.3, -0.25) is 9.78 Å². The average Bonchev–Trinajstić information content (AvgIpc) is 2.70. The first-order valence-corrected chi connectivity index (χ1v) is 9.25. The number of carbonyl (C=O) groups is 2. The highest BCUT2D eigenvalue weighted by Gasteiger charge is 2.26. The minimum atomic E-state index is -0.457. The molecule has 4 rings (SSSR count). The summed E-state index contributed by atoms with van der Waals surface area (Å²) in [6.07, 6.45) is 0.795. The molecule has 0 N–H and O–H groups in total. The molecule has 0 spiro atoms. The van der Waals surface area contributed by atoms with E-state index in [0.717, 1.165) is 35.1 Å². The summed E-state index contributed by atoms with van der Waals surface area (Å²) in [4.78, 5) is 33.8. The zero-order valence-electron chi connectivity index (χ0n) is 15.4. The van der Waals surface area contributed by atoms with Crippen molar-refractivity contribution in [3.63, 3.8) is 0 Å². The molecular weight excluding hydrogens is 346 g/mol. The van der Waals surface area contributed by atoms with Crippen LogP contribution in [0.3, 0.4) is 0 Å². The molecular formula is C20H23N3O4. The van der Waals surface area contributed by atoms with Gasteiger partial charge in [-0.15, -0.1) is 0 Å². The molecule has 2 aliphatic heterocycles. The zero-order chi connectivity index (χ0) is 18.8. The summed E-state index contributed by atoms with van der Waals surface area (Å²) in [7, 11) is 2.02. The Kier molecular flexibility index (Phi) is 5.05. The Hall–Kier alpha value is -2.51. The Balaban J connectivity index is 1.60. The van der Waals surface area contributed by atoms with Crippen molar-refractivity contribution < 1.29 is 19.1 Å². The smallest absolute Gasteiger partial charge is 0.339 e. The predicted octanol–water partition coefficient (Wildman–Crippen LogP) is 1.24. The molecule has 1 fully saturated rings. The van der Waals surface area contributed by atoms with Gasteiger partial charge in [0.05, 0.1) is 24.3 Å². The summed E-state index contributed by atoms with van der Waals surface area (Å²) < 4.78 is 10.7. The Morgan fingerprint density at radius 3 is 2.78 bits per heavy atom. The Bertz CT molecular complexity index is 877. The fourth-order valence-corrected chi connectivity index (χ4v) is 3.66. The third-order valence-corrected chi connectivity index (χ3v) is 5.13. The largest absolute Gasteiger partial charge is 0.452 e. The maximum absolute atomic E-state index is 13.0. The molecule has 0 unspecified atom stereocenters. The third kappa shape index (κ3) is 3.65. The topological polar surface area (TPSA) is 72.0 Å². The molecule has 2 aliphatic rings. The number of esters is 1. The molecule has 1 saturated heterocycles. The zero-order valence-corrected chi connectivity index (χ0v) is 15.4. The number of hydrogen-bond donors (Lipinski definition) is 0. The van der Waals surface area contributed by atoms with Crippen LogP contribution in [-0.2, 0) is 27.2 Å². The quantitative estimate of drug-likeness (QED) is 0.758. The second-order valence-electron chi connectivity index (χ2n) is 6.99. The molecule has 0 aliphatic carbocycles. The van der Waals surface area contributed by atoms with E-state index in [1.165, 1.54) is 0 Å². The van der Waals surface area contributed by atoms with E-state index in [1.807, 2.05) is 31.3 Å². The number of rotatable bonds is 3. The van der Waals surface area contributed by atoms with Gasteiger partial charge in [-0.1, -0.05) is 18.2 Å². The van der Waals surface area contributed by atoms with Crippen LogP contribution in [0.2, 0.25) is 0 Å². The Morgan fingerprint density at radius 1 is 1.19 bits per heavy atom. The summed E-state index contributed by atoms with van der Waals surface area (Å²) in [6.45, 7) is 3.42.